The number of aryl methyl sites for hydroxylation is 2. The van der Waals surface area contributed by atoms with Gasteiger partial charge in [0.2, 0.25) is 5.91 Å². The van der Waals surface area contributed by atoms with Crippen molar-refractivity contribution in [1.29, 1.82) is 0 Å². The minimum absolute atomic E-state index is 0.00688. The molecule has 1 amide bonds. The predicted molar refractivity (Wildman–Crippen MR) is 96.6 cm³/mol. The van der Waals surface area contributed by atoms with Crippen LogP contribution < -0.4 is 5.32 Å². The molecule has 2 heterocycles. The minimum Gasteiger partial charge on any atom is -0.376 e. The molecule has 5 heteroatoms. The molecule has 25 heavy (non-hydrogen) atoms. The van der Waals surface area contributed by atoms with Gasteiger partial charge in [-0.3, -0.25) is 9.48 Å². The molecule has 0 spiro atoms. The van der Waals surface area contributed by atoms with Crippen molar-refractivity contribution in [3.05, 3.63) is 47.3 Å². The van der Waals surface area contributed by atoms with Gasteiger partial charge in [0.15, 0.2) is 0 Å². The van der Waals surface area contributed by atoms with Crippen LogP contribution >= 0.6 is 0 Å². The number of aromatic nitrogens is 2. The first-order chi connectivity index (χ1) is 12.3. The Kier molecular flexibility index (Phi) is 4.83. The summed E-state index contributed by atoms with van der Waals surface area (Å²) in [5, 5.41) is 7.27. The lowest BCUT2D eigenvalue weighted by Crippen LogP contribution is -2.16. The summed E-state index contributed by atoms with van der Waals surface area (Å²) in [5.74, 6) is 0.00688. The molecule has 132 valence electrons. The van der Waals surface area contributed by atoms with Gasteiger partial charge in [-0.2, -0.15) is 5.10 Å². The summed E-state index contributed by atoms with van der Waals surface area (Å²) in [6, 6.07) is 6.48. The number of nitrogens with one attached hydrogen (secondary N) is 1. The van der Waals surface area contributed by atoms with Gasteiger partial charge >= 0.3 is 0 Å². The highest BCUT2D eigenvalue weighted by molar-refractivity contribution is 5.92. The quantitative estimate of drug-likeness (QED) is 0.910. The number of nitrogens with zero attached hydrogens (tertiary/aromatic N) is 2. The second kappa shape index (κ2) is 7.40. The molecule has 2 aromatic rings. The van der Waals surface area contributed by atoms with E-state index in [1.54, 1.807) is 6.20 Å². The average Bonchev–Trinajstić information content (AvgIpc) is 3.27. The standard InChI is InChI=1S/C20H25N3O2/c24-20(11-15-7-8-16-4-1-2-5-17(16)10-15)22-18-12-21-23(13-18)14-19-6-3-9-25-19/h7-8,10,12-13,19H,1-6,9,11,14H2,(H,22,24)/t19-/m0/s1. The zero-order valence-corrected chi connectivity index (χ0v) is 14.5. The van der Waals surface area contributed by atoms with Gasteiger partial charge in [0.05, 0.1) is 31.0 Å². The smallest absolute Gasteiger partial charge is 0.228 e. The number of ether oxygens (including phenoxy) is 1. The van der Waals surface area contributed by atoms with Crippen LogP contribution in [0.2, 0.25) is 0 Å². The topological polar surface area (TPSA) is 56.2 Å². The summed E-state index contributed by atoms with van der Waals surface area (Å²) in [6.45, 7) is 1.59. The van der Waals surface area contributed by atoms with E-state index in [1.807, 2.05) is 10.9 Å². The number of carbonyl (C=O) groups is 1. The van der Waals surface area contributed by atoms with Crippen LogP contribution in [-0.2, 0) is 35.3 Å². The molecule has 4 rings (SSSR count). The first-order valence-corrected chi connectivity index (χ1v) is 9.31. The maximum Gasteiger partial charge on any atom is 0.228 e. The van der Waals surface area contributed by atoms with Crippen LogP contribution in [-0.4, -0.2) is 28.4 Å². The van der Waals surface area contributed by atoms with Gasteiger partial charge in [0.1, 0.15) is 0 Å². The Labute approximate surface area is 148 Å². The molecule has 1 atom stereocenters. The summed E-state index contributed by atoms with van der Waals surface area (Å²) in [7, 11) is 0. The monoisotopic (exact) mass is 339 g/mol. The largest absolute Gasteiger partial charge is 0.376 e. The van der Waals surface area contributed by atoms with Crippen molar-refractivity contribution >= 4 is 11.6 Å². The Bertz CT molecular complexity index is 747. The third-order valence-corrected chi connectivity index (χ3v) is 5.11. The van der Waals surface area contributed by atoms with Crippen LogP contribution in [0.4, 0.5) is 5.69 Å². The average molecular weight is 339 g/mol. The minimum atomic E-state index is 0.00688. The molecule has 1 aliphatic carbocycles. The second-order valence-electron chi connectivity index (χ2n) is 7.12. The maximum absolute atomic E-state index is 12.3. The van der Waals surface area contributed by atoms with Crippen molar-refractivity contribution in [3.63, 3.8) is 0 Å². The van der Waals surface area contributed by atoms with Crippen molar-refractivity contribution in [2.45, 2.75) is 57.6 Å². The number of rotatable bonds is 5. The molecule has 1 aromatic heterocycles. The molecule has 0 unspecified atom stereocenters. The van der Waals surface area contributed by atoms with E-state index in [2.05, 4.69) is 28.6 Å². The summed E-state index contributed by atoms with van der Waals surface area (Å²) in [4.78, 5) is 12.3. The zero-order chi connectivity index (χ0) is 17.1. The molecule has 2 aliphatic rings. The number of hydrogen-bond donors (Lipinski definition) is 1. The lowest BCUT2D eigenvalue weighted by atomic mass is 9.90. The van der Waals surface area contributed by atoms with E-state index in [0.717, 1.165) is 43.7 Å². The molecule has 1 saturated heterocycles. The van der Waals surface area contributed by atoms with Crippen molar-refractivity contribution in [2.75, 3.05) is 11.9 Å². The number of hydrogen-bond acceptors (Lipinski definition) is 3. The van der Waals surface area contributed by atoms with Gasteiger partial charge in [-0.05, 0) is 55.2 Å². The Morgan fingerprint density at radius 3 is 2.96 bits per heavy atom. The highest BCUT2D eigenvalue weighted by Crippen LogP contribution is 2.22. The van der Waals surface area contributed by atoms with Crippen molar-refractivity contribution in [3.8, 4) is 0 Å². The molecule has 1 N–H and O–H groups in total. The van der Waals surface area contributed by atoms with Gasteiger partial charge in [0.25, 0.3) is 0 Å². The predicted octanol–water partition coefficient (Wildman–Crippen LogP) is 3.12. The van der Waals surface area contributed by atoms with Gasteiger partial charge in [0, 0.05) is 12.8 Å². The Hall–Kier alpha value is -2.14. The summed E-state index contributed by atoms with van der Waals surface area (Å²) in [6.07, 6.45) is 11.3. The van der Waals surface area contributed by atoms with Crippen LogP contribution in [0, 0.1) is 0 Å². The van der Waals surface area contributed by atoms with Crippen LogP contribution in [0.25, 0.3) is 0 Å². The van der Waals surface area contributed by atoms with Crippen LogP contribution in [0.1, 0.15) is 42.4 Å². The normalized spacial score (nSPS) is 19.6. The molecule has 5 nitrogen and oxygen atoms in total. The van der Waals surface area contributed by atoms with Crippen LogP contribution in [0.5, 0.6) is 0 Å². The van der Waals surface area contributed by atoms with E-state index in [9.17, 15) is 4.79 Å². The summed E-state index contributed by atoms with van der Waals surface area (Å²) >= 11 is 0. The van der Waals surface area contributed by atoms with Crippen molar-refractivity contribution in [1.82, 2.24) is 9.78 Å². The van der Waals surface area contributed by atoms with Crippen molar-refractivity contribution in [2.24, 2.45) is 0 Å². The van der Waals surface area contributed by atoms with E-state index in [-0.39, 0.29) is 12.0 Å². The number of anilines is 1. The first-order valence-electron chi connectivity index (χ1n) is 9.31. The zero-order valence-electron chi connectivity index (χ0n) is 14.5. The molecule has 1 fully saturated rings. The van der Waals surface area contributed by atoms with E-state index in [1.165, 1.54) is 30.4 Å². The van der Waals surface area contributed by atoms with E-state index in [4.69, 9.17) is 4.74 Å². The molecule has 0 saturated carbocycles. The lowest BCUT2D eigenvalue weighted by Gasteiger charge is -2.16. The number of benzene rings is 1. The molecule has 0 bridgehead atoms. The fourth-order valence-electron chi connectivity index (χ4n) is 3.81. The highest BCUT2D eigenvalue weighted by Gasteiger charge is 2.17. The third-order valence-electron chi connectivity index (χ3n) is 5.11. The number of amides is 1. The van der Waals surface area contributed by atoms with Crippen molar-refractivity contribution < 1.29 is 9.53 Å². The van der Waals surface area contributed by atoms with Gasteiger partial charge in [-0.25, -0.2) is 0 Å². The highest BCUT2D eigenvalue weighted by atomic mass is 16.5. The summed E-state index contributed by atoms with van der Waals surface area (Å²) in [5.41, 5.74) is 4.71. The van der Waals surface area contributed by atoms with Gasteiger partial charge in [-0.1, -0.05) is 18.2 Å². The van der Waals surface area contributed by atoms with E-state index >= 15 is 0 Å². The summed E-state index contributed by atoms with van der Waals surface area (Å²) < 4.78 is 7.48. The van der Waals surface area contributed by atoms with E-state index in [0.29, 0.717) is 6.42 Å². The fourth-order valence-corrected chi connectivity index (χ4v) is 3.81. The first kappa shape index (κ1) is 16.3. The Morgan fingerprint density at radius 1 is 1.24 bits per heavy atom. The Balaban J connectivity index is 1.33. The SMILES string of the molecule is O=C(Cc1ccc2c(c1)CCCC2)Nc1cnn(C[C@@H]2CCCO2)c1. The Morgan fingerprint density at radius 2 is 2.12 bits per heavy atom. The second-order valence-corrected chi connectivity index (χ2v) is 7.12. The molecule has 1 aliphatic heterocycles. The van der Waals surface area contributed by atoms with Crippen LogP contribution in [0.3, 0.4) is 0 Å². The molecule has 1 aromatic carbocycles. The molecule has 0 radical (unpaired) electrons. The number of fused-ring (bicyclic) bond motifs is 1. The molecular weight excluding hydrogens is 314 g/mol. The third kappa shape index (κ3) is 4.10. The van der Waals surface area contributed by atoms with E-state index < -0.39 is 0 Å². The maximum atomic E-state index is 12.3. The lowest BCUT2D eigenvalue weighted by molar-refractivity contribution is -0.115. The van der Waals surface area contributed by atoms with Gasteiger partial charge < -0.3 is 10.1 Å². The fraction of sp³-hybridized carbons (Fsp3) is 0.500. The number of carbonyl (C=O) groups excluding carboxylic acids is 1. The molecular formula is C20H25N3O2. The van der Waals surface area contributed by atoms with Gasteiger partial charge in [-0.15, -0.1) is 0 Å². The van der Waals surface area contributed by atoms with Crippen LogP contribution in [0.15, 0.2) is 30.6 Å².